The highest BCUT2D eigenvalue weighted by atomic mass is 16.3. The van der Waals surface area contributed by atoms with Gasteiger partial charge < -0.3 is 5.11 Å². The number of fused-ring (bicyclic) bond motifs is 1. The van der Waals surface area contributed by atoms with E-state index in [1.54, 1.807) is 6.20 Å². The van der Waals surface area contributed by atoms with Crippen LogP contribution in [0.4, 0.5) is 0 Å². The number of hydrogen-bond donors (Lipinski definition) is 1. The van der Waals surface area contributed by atoms with Crippen molar-refractivity contribution in [3.8, 4) is 0 Å². The van der Waals surface area contributed by atoms with Crippen molar-refractivity contribution >= 4 is 10.8 Å². The molecule has 1 aromatic heterocycles. The lowest BCUT2D eigenvalue weighted by Gasteiger charge is -2.13. The molecule has 0 saturated carbocycles. The molecule has 1 atom stereocenters. The van der Waals surface area contributed by atoms with Crippen molar-refractivity contribution in [1.29, 1.82) is 0 Å². The smallest absolute Gasteiger partial charge is 0.0799 e. The van der Waals surface area contributed by atoms with Crippen LogP contribution in [0.2, 0.25) is 0 Å². The SMILES string of the molecule is Cc1ccc(CCC(O)c2cccc3cnccc23)cc1. The third-order valence-corrected chi connectivity index (χ3v) is 3.90. The van der Waals surface area contributed by atoms with Gasteiger partial charge in [-0.05, 0) is 42.3 Å². The molecule has 0 aliphatic rings. The van der Waals surface area contributed by atoms with Crippen LogP contribution >= 0.6 is 0 Å². The molecular weight excluding hydrogens is 258 g/mol. The molecule has 0 fully saturated rings. The fourth-order valence-corrected chi connectivity index (χ4v) is 2.65. The molecule has 2 aromatic carbocycles. The Kier molecular flexibility index (Phi) is 3.98. The summed E-state index contributed by atoms with van der Waals surface area (Å²) in [6.07, 6.45) is 4.77. The Bertz CT molecular complexity index is 729. The molecule has 21 heavy (non-hydrogen) atoms. The van der Waals surface area contributed by atoms with E-state index in [2.05, 4.69) is 36.2 Å². The Morgan fingerprint density at radius 3 is 2.67 bits per heavy atom. The largest absolute Gasteiger partial charge is 0.388 e. The predicted molar refractivity (Wildman–Crippen MR) is 86.2 cm³/mol. The van der Waals surface area contributed by atoms with Crippen LogP contribution in [0.5, 0.6) is 0 Å². The maximum absolute atomic E-state index is 10.5. The van der Waals surface area contributed by atoms with E-state index in [0.29, 0.717) is 0 Å². The maximum atomic E-state index is 10.5. The van der Waals surface area contributed by atoms with Gasteiger partial charge in [0.1, 0.15) is 0 Å². The fraction of sp³-hybridized carbons (Fsp3) is 0.211. The first-order valence-electron chi connectivity index (χ1n) is 7.30. The molecule has 0 aliphatic carbocycles. The van der Waals surface area contributed by atoms with Gasteiger partial charge in [-0.15, -0.1) is 0 Å². The van der Waals surface area contributed by atoms with Gasteiger partial charge in [0, 0.05) is 17.8 Å². The number of aliphatic hydroxyl groups excluding tert-OH is 1. The second kappa shape index (κ2) is 6.06. The first kappa shape index (κ1) is 13.8. The van der Waals surface area contributed by atoms with Crippen LogP contribution in [0.15, 0.2) is 60.9 Å². The van der Waals surface area contributed by atoms with Crippen LogP contribution in [0.1, 0.15) is 29.2 Å². The summed E-state index contributed by atoms with van der Waals surface area (Å²) in [6, 6.07) is 16.5. The normalized spacial score (nSPS) is 12.5. The molecule has 106 valence electrons. The number of rotatable bonds is 4. The van der Waals surface area contributed by atoms with E-state index in [4.69, 9.17) is 0 Å². The Balaban J connectivity index is 1.78. The molecule has 1 unspecified atom stereocenters. The third-order valence-electron chi connectivity index (χ3n) is 3.90. The fourth-order valence-electron chi connectivity index (χ4n) is 2.65. The van der Waals surface area contributed by atoms with E-state index in [1.807, 2.05) is 30.5 Å². The highest BCUT2D eigenvalue weighted by Crippen LogP contribution is 2.26. The van der Waals surface area contributed by atoms with E-state index in [0.717, 1.165) is 29.2 Å². The molecular formula is C19H19NO. The van der Waals surface area contributed by atoms with Crippen molar-refractivity contribution in [3.63, 3.8) is 0 Å². The first-order valence-corrected chi connectivity index (χ1v) is 7.30. The summed E-state index contributed by atoms with van der Waals surface area (Å²) in [5.41, 5.74) is 3.52. The van der Waals surface area contributed by atoms with E-state index >= 15 is 0 Å². The molecule has 0 spiro atoms. The molecule has 0 aliphatic heterocycles. The molecule has 2 heteroatoms. The minimum absolute atomic E-state index is 0.447. The van der Waals surface area contributed by atoms with Crippen molar-refractivity contribution < 1.29 is 5.11 Å². The average molecular weight is 277 g/mol. The second-order valence-corrected chi connectivity index (χ2v) is 5.48. The van der Waals surface area contributed by atoms with Crippen molar-refractivity contribution in [1.82, 2.24) is 4.98 Å². The minimum Gasteiger partial charge on any atom is -0.388 e. The Labute approximate surface area is 125 Å². The summed E-state index contributed by atoms with van der Waals surface area (Å²) in [7, 11) is 0. The number of aliphatic hydroxyl groups is 1. The first-order chi connectivity index (χ1) is 10.2. The molecule has 0 bridgehead atoms. The topological polar surface area (TPSA) is 33.1 Å². The summed E-state index contributed by atoms with van der Waals surface area (Å²) in [6.45, 7) is 2.09. The quantitative estimate of drug-likeness (QED) is 0.775. The van der Waals surface area contributed by atoms with E-state index in [1.165, 1.54) is 11.1 Å². The van der Waals surface area contributed by atoms with Gasteiger partial charge >= 0.3 is 0 Å². The number of nitrogens with zero attached hydrogens (tertiary/aromatic N) is 1. The van der Waals surface area contributed by atoms with Gasteiger partial charge in [-0.1, -0.05) is 48.0 Å². The Hall–Kier alpha value is -2.19. The zero-order valence-electron chi connectivity index (χ0n) is 12.2. The van der Waals surface area contributed by atoms with Crippen molar-refractivity contribution in [2.45, 2.75) is 25.9 Å². The monoisotopic (exact) mass is 277 g/mol. The summed E-state index contributed by atoms with van der Waals surface area (Å²) in [5, 5.41) is 12.7. The van der Waals surface area contributed by atoms with E-state index in [-0.39, 0.29) is 0 Å². The average Bonchev–Trinajstić information content (AvgIpc) is 2.53. The van der Waals surface area contributed by atoms with Gasteiger partial charge in [0.05, 0.1) is 6.10 Å². The van der Waals surface area contributed by atoms with Crippen molar-refractivity contribution in [2.24, 2.45) is 0 Å². The van der Waals surface area contributed by atoms with Gasteiger partial charge in [0.25, 0.3) is 0 Å². The third kappa shape index (κ3) is 3.11. The summed E-state index contributed by atoms with van der Waals surface area (Å²) in [5.74, 6) is 0. The number of aromatic nitrogens is 1. The molecule has 2 nitrogen and oxygen atoms in total. The van der Waals surface area contributed by atoms with Gasteiger partial charge in [0.2, 0.25) is 0 Å². The molecule has 0 radical (unpaired) electrons. The standard InChI is InChI=1S/C19H19NO/c1-14-5-7-15(8-6-14)9-10-19(21)18-4-2-3-16-13-20-12-11-17(16)18/h2-8,11-13,19,21H,9-10H2,1H3. The van der Waals surface area contributed by atoms with Gasteiger partial charge in [-0.25, -0.2) is 0 Å². The molecule has 0 amide bonds. The Morgan fingerprint density at radius 1 is 1.05 bits per heavy atom. The summed E-state index contributed by atoms with van der Waals surface area (Å²) < 4.78 is 0. The zero-order valence-corrected chi connectivity index (χ0v) is 12.2. The van der Waals surface area contributed by atoms with Crippen molar-refractivity contribution in [3.05, 3.63) is 77.6 Å². The molecule has 3 aromatic rings. The molecule has 0 saturated heterocycles. The van der Waals surface area contributed by atoms with Crippen LogP contribution < -0.4 is 0 Å². The lowest BCUT2D eigenvalue weighted by Crippen LogP contribution is -2.00. The second-order valence-electron chi connectivity index (χ2n) is 5.48. The lowest BCUT2D eigenvalue weighted by molar-refractivity contribution is 0.169. The molecule has 1 heterocycles. The van der Waals surface area contributed by atoms with Gasteiger partial charge in [-0.2, -0.15) is 0 Å². The zero-order chi connectivity index (χ0) is 14.7. The summed E-state index contributed by atoms with van der Waals surface area (Å²) >= 11 is 0. The number of pyridine rings is 1. The van der Waals surface area contributed by atoms with Crippen molar-refractivity contribution in [2.75, 3.05) is 0 Å². The summed E-state index contributed by atoms with van der Waals surface area (Å²) in [4.78, 5) is 4.13. The van der Waals surface area contributed by atoms with Crippen LogP contribution in [-0.4, -0.2) is 10.1 Å². The highest BCUT2D eigenvalue weighted by Gasteiger charge is 2.11. The number of benzene rings is 2. The van der Waals surface area contributed by atoms with Gasteiger partial charge in [-0.3, -0.25) is 4.98 Å². The highest BCUT2D eigenvalue weighted by molar-refractivity contribution is 5.85. The van der Waals surface area contributed by atoms with Crippen LogP contribution in [0, 0.1) is 6.92 Å². The number of hydrogen-bond acceptors (Lipinski definition) is 2. The number of aryl methyl sites for hydroxylation is 2. The lowest BCUT2D eigenvalue weighted by atomic mass is 9.97. The van der Waals surface area contributed by atoms with E-state index in [9.17, 15) is 5.11 Å². The van der Waals surface area contributed by atoms with Crippen LogP contribution in [0.3, 0.4) is 0 Å². The van der Waals surface area contributed by atoms with Crippen LogP contribution in [-0.2, 0) is 6.42 Å². The Morgan fingerprint density at radius 2 is 1.86 bits per heavy atom. The van der Waals surface area contributed by atoms with Gasteiger partial charge in [0.15, 0.2) is 0 Å². The van der Waals surface area contributed by atoms with Crippen LogP contribution in [0.25, 0.3) is 10.8 Å². The minimum atomic E-state index is -0.447. The molecule has 3 rings (SSSR count). The van der Waals surface area contributed by atoms with E-state index < -0.39 is 6.10 Å². The predicted octanol–water partition coefficient (Wildman–Crippen LogP) is 4.21. The maximum Gasteiger partial charge on any atom is 0.0799 e. The molecule has 1 N–H and O–H groups in total.